The summed E-state index contributed by atoms with van der Waals surface area (Å²) in [6.07, 6.45) is -1.82. The normalized spacial score (nSPS) is 14.1. The van der Waals surface area contributed by atoms with Crippen molar-refractivity contribution in [1.82, 2.24) is 0 Å². The van der Waals surface area contributed by atoms with Gasteiger partial charge in [0.25, 0.3) is 0 Å². The summed E-state index contributed by atoms with van der Waals surface area (Å²) in [5, 5.41) is 37.2. The van der Waals surface area contributed by atoms with Crippen molar-refractivity contribution >= 4 is 0 Å². The number of aliphatic hydroxyl groups is 2. The number of nitrogens with zero attached hydrogens (tertiary/aromatic N) is 1. The van der Waals surface area contributed by atoms with Gasteiger partial charge < -0.3 is 21.1 Å². The van der Waals surface area contributed by atoms with Crippen molar-refractivity contribution in [3.05, 3.63) is 29.3 Å². The molecule has 5 N–H and O–H groups in total. The Morgan fingerprint density at radius 1 is 1.38 bits per heavy atom. The van der Waals surface area contributed by atoms with Gasteiger partial charge in [0.1, 0.15) is 17.9 Å². The number of hydrogen-bond acceptors (Lipinski definition) is 5. The number of rotatable bonds is 4. The van der Waals surface area contributed by atoms with Gasteiger partial charge in [-0.15, -0.1) is 0 Å². The van der Waals surface area contributed by atoms with Crippen molar-refractivity contribution in [2.75, 3.05) is 6.54 Å². The minimum absolute atomic E-state index is 0.129. The number of aliphatic hydroxyl groups excluding tert-OH is 2. The quantitative estimate of drug-likeness (QED) is 0.573. The van der Waals surface area contributed by atoms with E-state index in [2.05, 4.69) is 0 Å². The van der Waals surface area contributed by atoms with Crippen LogP contribution in [0.4, 0.5) is 0 Å². The second kappa shape index (κ2) is 5.47. The Morgan fingerprint density at radius 2 is 2.06 bits per heavy atom. The minimum atomic E-state index is -1.11. The van der Waals surface area contributed by atoms with Gasteiger partial charge in [0, 0.05) is 0 Å². The Kier molecular flexibility index (Phi) is 4.26. The van der Waals surface area contributed by atoms with Gasteiger partial charge in [-0.1, -0.05) is 6.07 Å². The van der Waals surface area contributed by atoms with Gasteiger partial charge >= 0.3 is 0 Å². The maximum atomic E-state index is 9.71. The van der Waals surface area contributed by atoms with Crippen LogP contribution in [0.5, 0.6) is 5.75 Å². The van der Waals surface area contributed by atoms with Crippen LogP contribution in [0, 0.1) is 11.3 Å². The van der Waals surface area contributed by atoms with Crippen LogP contribution in [0.25, 0.3) is 0 Å². The van der Waals surface area contributed by atoms with E-state index in [0.717, 1.165) is 0 Å². The molecule has 0 bridgehead atoms. The molecule has 1 aromatic carbocycles. The predicted molar refractivity (Wildman–Crippen MR) is 57.5 cm³/mol. The van der Waals surface area contributed by atoms with Crippen LogP contribution < -0.4 is 5.73 Å². The molecule has 2 unspecified atom stereocenters. The average Bonchev–Trinajstić information content (AvgIpc) is 2.28. The number of phenolic OH excluding ortho intramolecular Hbond substituents is 1. The molecule has 86 valence electrons. The molecule has 2 atom stereocenters. The average molecular weight is 222 g/mol. The highest BCUT2D eigenvalue weighted by molar-refractivity contribution is 5.44. The van der Waals surface area contributed by atoms with Crippen LogP contribution in [0.15, 0.2) is 18.2 Å². The lowest BCUT2D eigenvalue weighted by Gasteiger charge is -2.17. The van der Waals surface area contributed by atoms with Gasteiger partial charge in [-0.25, -0.2) is 0 Å². The maximum Gasteiger partial charge on any atom is 0.133 e. The largest absolute Gasteiger partial charge is 0.507 e. The lowest BCUT2D eigenvalue weighted by molar-refractivity contribution is 0.0149. The van der Waals surface area contributed by atoms with Crippen molar-refractivity contribution in [3.63, 3.8) is 0 Å². The topological polar surface area (TPSA) is 110 Å². The van der Waals surface area contributed by atoms with E-state index in [1.54, 1.807) is 6.07 Å². The molecule has 16 heavy (non-hydrogen) atoms. The molecule has 0 fully saturated rings. The molecule has 0 heterocycles. The second-order valence-electron chi connectivity index (χ2n) is 3.48. The molecular formula is C11H14N2O3. The maximum absolute atomic E-state index is 9.71. The molecule has 0 saturated carbocycles. The number of hydrogen-bond donors (Lipinski definition) is 4. The number of nitriles is 1. The third kappa shape index (κ3) is 2.70. The molecule has 0 amide bonds. The zero-order valence-corrected chi connectivity index (χ0v) is 8.67. The van der Waals surface area contributed by atoms with Crippen LogP contribution in [0.1, 0.15) is 23.7 Å². The molecule has 0 aliphatic rings. The van der Waals surface area contributed by atoms with E-state index in [1.807, 2.05) is 0 Å². The number of nitrogens with two attached hydrogens (primary N) is 1. The van der Waals surface area contributed by atoms with Crippen molar-refractivity contribution in [3.8, 4) is 11.8 Å². The number of aromatic hydroxyl groups is 1. The lowest BCUT2D eigenvalue weighted by atomic mass is 10.0. The van der Waals surface area contributed by atoms with Crippen LogP contribution in [-0.4, -0.2) is 28.0 Å². The number of benzene rings is 1. The van der Waals surface area contributed by atoms with Crippen molar-refractivity contribution < 1.29 is 15.3 Å². The van der Waals surface area contributed by atoms with E-state index in [4.69, 9.17) is 11.0 Å². The molecular weight excluding hydrogens is 208 g/mol. The van der Waals surface area contributed by atoms with E-state index < -0.39 is 12.2 Å². The Morgan fingerprint density at radius 3 is 2.56 bits per heavy atom. The molecule has 0 saturated heterocycles. The first-order valence-electron chi connectivity index (χ1n) is 4.89. The summed E-state index contributed by atoms with van der Waals surface area (Å²) in [6, 6.07) is 5.95. The first-order chi connectivity index (χ1) is 7.60. The smallest absolute Gasteiger partial charge is 0.133 e. The zero-order chi connectivity index (χ0) is 12.1. The highest BCUT2D eigenvalue weighted by atomic mass is 16.3. The summed E-state index contributed by atoms with van der Waals surface area (Å²) in [5.41, 5.74) is 5.74. The second-order valence-corrected chi connectivity index (χ2v) is 3.48. The van der Waals surface area contributed by atoms with Gasteiger partial charge in [-0.2, -0.15) is 5.26 Å². The first kappa shape index (κ1) is 12.5. The molecule has 1 aromatic rings. The van der Waals surface area contributed by atoms with Crippen molar-refractivity contribution in [2.45, 2.75) is 18.6 Å². The molecule has 0 aliphatic heterocycles. The monoisotopic (exact) mass is 222 g/mol. The van der Waals surface area contributed by atoms with Gasteiger partial charge in [-0.05, 0) is 30.7 Å². The first-order valence-corrected chi connectivity index (χ1v) is 4.89. The fourth-order valence-electron chi connectivity index (χ4n) is 1.38. The predicted octanol–water partition coefficient (Wildman–Crippen LogP) is 0.00698. The molecule has 1 rings (SSSR count). The van der Waals surface area contributed by atoms with Gasteiger partial charge in [0.2, 0.25) is 0 Å². The zero-order valence-electron chi connectivity index (χ0n) is 8.67. The number of phenols is 1. The third-order valence-corrected chi connectivity index (χ3v) is 2.31. The van der Waals surface area contributed by atoms with E-state index in [-0.39, 0.29) is 24.3 Å². The molecule has 5 nitrogen and oxygen atoms in total. The summed E-state index contributed by atoms with van der Waals surface area (Å²) in [5.74, 6) is -0.209. The van der Waals surface area contributed by atoms with Crippen LogP contribution >= 0.6 is 0 Å². The molecule has 0 aromatic heterocycles. The summed E-state index contributed by atoms with van der Waals surface area (Å²) < 4.78 is 0. The van der Waals surface area contributed by atoms with Gasteiger partial charge in [-0.3, -0.25) is 0 Å². The Bertz CT molecular complexity index is 401. The minimum Gasteiger partial charge on any atom is -0.507 e. The van der Waals surface area contributed by atoms with Crippen LogP contribution in [-0.2, 0) is 0 Å². The van der Waals surface area contributed by atoms with E-state index in [0.29, 0.717) is 5.56 Å². The Balaban J connectivity index is 2.89. The van der Waals surface area contributed by atoms with Crippen molar-refractivity contribution in [1.29, 1.82) is 5.26 Å². The summed E-state index contributed by atoms with van der Waals surface area (Å²) in [7, 11) is 0. The Labute approximate surface area is 93.4 Å². The lowest BCUT2D eigenvalue weighted by Crippen LogP contribution is -2.21. The van der Waals surface area contributed by atoms with Gasteiger partial charge in [0.15, 0.2) is 0 Å². The van der Waals surface area contributed by atoms with E-state index in [9.17, 15) is 15.3 Å². The standard InChI is InChI=1S/C11H14N2O3/c12-4-3-9(14)11(16)7-1-2-8(6-13)10(15)5-7/h1-2,5,9,11,14-16H,3-4,12H2. The summed E-state index contributed by atoms with van der Waals surface area (Å²) in [4.78, 5) is 0. The Hall–Kier alpha value is -1.61. The van der Waals surface area contributed by atoms with E-state index >= 15 is 0 Å². The fraction of sp³-hybridized carbons (Fsp3) is 0.364. The molecule has 0 spiro atoms. The van der Waals surface area contributed by atoms with Crippen LogP contribution in [0.3, 0.4) is 0 Å². The van der Waals surface area contributed by atoms with Crippen LogP contribution in [0.2, 0.25) is 0 Å². The highest BCUT2D eigenvalue weighted by Crippen LogP contribution is 2.24. The fourth-order valence-corrected chi connectivity index (χ4v) is 1.38. The molecule has 0 radical (unpaired) electrons. The summed E-state index contributed by atoms with van der Waals surface area (Å²) >= 11 is 0. The summed E-state index contributed by atoms with van der Waals surface area (Å²) in [6.45, 7) is 0.264. The molecule has 5 heteroatoms. The molecule has 0 aliphatic carbocycles. The van der Waals surface area contributed by atoms with Crippen molar-refractivity contribution in [2.24, 2.45) is 5.73 Å². The SMILES string of the molecule is N#Cc1ccc(C(O)C(O)CCN)cc1O. The third-order valence-electron chi connectivity index (χ3n) is 2.31. The van der Waals surface area contributed by atoms with Gasteiger partial charge in [0.05, 0.1) is 11.7 Å². The highest BCUT2D eigenvalue weighted by Gasteiger charge is 2.18. The van der Waals surface area contributed by atoms with E-state index in [1.165, 1.54) is 18.2 Å².